The molecule has 0 amide bonds. The van der Waals surface area contributed by atoms with Crippen LogP contribution in [0, 0.1) is 0 Å². The van der Waals surface area contributed by atoms with Crippen molar-refractivity contribution in [2.24, 2.45) is 0 Å². The maximum atomic E-state index is 6.14. The van der Waals surface area contributed by atoms with E-state index in [1.165, 1.54) is 10.8 Å². The molecule has 3 heteroatoms. The van der Waals surface area contributed by atoms with Crippen LogP contribution >= 0.6 is 0 Å². The van der Waals surface area contributed by atoms with Gasteiger partial charge in [-0.05, 0) is 66.2 Å². The van der Waals surface area contributed by atoms with Gasteiger partial charge in [-0.3, -0.25) is 0 Å². The van der Waals surface area contributed by atoms with Crippen LogP contribution in [-0.4, -0.2) is 4.98 Å². The second-order valence-electron chi connectivity index (χ2n) is 9.90. The molecule has 2 aromatic heterocycles. The highest BCUT2D eigenvalue weighted by molar-refractivity contribution is 6.15. The fraction of sp³-hybridized carbons (Fsp3) is 0. The molecule has 2 heterocycles. The molecule has 3 nitrogen and oxygen atoms in total. The van der Waals surface area contributed by atoms with Gasteiger partial charge in [0.2, 0.25) is 0 Å². The van der Waals surface area contributed by atoms with Gasteiger partial charge >= 0.3 is 0 Å². The van der Waals surface area contributed by atoms with Crippen molar-refractivity contribution in [2.75, 3.05) is 4.90 Å². The number of anilines is 3. The van der Waals surface area contributed by atoms with Crippen molar-refractivity contribution >= 4 is 60.8 Å². The number of H-pyrrole nitrogens is 1. The predicted octanol–water partition coefficient (Wildman–Crippen LogP) is 10.4. The molecule has 0 saturated heterocycles. The molecule has 0 atom stereocenters. The number of nitrogens with zero attached hydrogens (tertiary/aromatic N) is 1. The van der Waals surface area contributed by atoms with Crippen molar-refractivity contribution in [3.63, 3.8) is 0 Å². The van der Waals surface area contributed by atoms with Crippen molar-refractivity contribution in [1.29, 1.82) is 0 Å². The minimum atomic E-state index is 0.902. The van der Waals surface area contributed by atoms with Gasteiger partial charge in [-0.15, -0.1) is 0 Å². The average Bonchev–Trinajstić information content (AvgIpc) is 3.56. The molecule has 0 bridgehead atoms. The van der Waals surface area contributed by atoms with Crippen molar-refractivity contribution in [1.82, 2.24) is 4.98 Å². The van der Waals surface area contributed by atoms with E-state index in [4.69, 9.17) is 4.42 Å². The summed E-state index contributed by atoms with van der Waals surface area (Å²) in [7, 11) is 0. The van der Waals surface area contributed by atoms with Crippen LogP contribution in [-0.2, 0) is 0 Å². The van der Waals surface area contributed by atoms with Crippen molar-refractivity contribution in [3.05, 3.63) is 140 Å². The van der Waals surface area contributed by atoms with E-state index in [9.17, 15) is 0 Å². The van der Waals surface area contributed by atoms with Gasteiger partial charge in [-0.2, -0.15) is 0 Å². The lowest BCUT2D eigenvalue weighted by Gasteiger charge is -2.26. The zero-order valence-corrected chi connectivity index (χ0v) is 21.1. The number of rotatable bonds is 4. The molecule has 0 aliphatic rings. The molecule has 1 N–H and O–H groups in total. The number of nitrogens with one attached hydrogen (secondary N) is 1. The summed E-state index contributed by atoms with van der Waals surface area (Å²) >= 11 is 0. The maximum absolute atomic E-state index is 6.14. The third-order valence-corrected chi connectivity index (χ3v) is 7.57. The average molecular weight is 501 g/mol. The molecule has 0 aliphatic carbocycles. The Bertz CT molecular complexity index is 2080. The van der Waals surface area contributed by atoms with Crippen molar-refractivity contribution < 1.29 is 4.42 Å². The van der Waals surface area contributed by atoms with Crippen LogP contribution in [0.5, 0.6) is 0 Å². The molecule has 0 radical (unpaired) electrons. The highest BCUT2D eigenvalue weighted by atomic mass is 16.3. The number of fused-ring (bicyclic) bond motifs is 6. The first-order chi connectivity index (χ1) is 19.3. The van der Waals surface area contributed by atoms with Gasteiger partial charge in [0.25, 0.3) is 0 Å². The van der Waals surface area contributed by atoms with E-state index >= 15 is 0 Å². The Kier molecular flexibility index (Phi) is 4.82. The maximum Gasteiger partial charge on any atom is 0.135 e. The number of furan rings is 1. The summed E-state index contributed by atoms with van der Waals surface area (Å²) in [4.78, 5) is 6.06. The van der Waals surface area contributed by atoms with Gasteiger partial charge in [0.05, 0.1) is 5.52 Å². The third-order valence-electron chi connectivity index (χ3n) is 7.57. The number of hydrogen-bond donors (Lipinski definition) is 1. The summed E-state index contributed by atoms with van der Waals surface area (Å²) in [5.41, 5.74) is 9.72. The van der Waals surface area contributed by atoms with Crippen LogP contribution in [0.2, 0.25) is 0 Å². The summed E-state index contributed by atoms with van der Waals surface area (Å²) in [6, 6.07) is 49.1. The molecule has 0 fully saturated rings. The third kappa shape index (κ3) is 3.52. The zero-order chi connectivity index (χ0) is 25.8. The van der Waals surface area contributed by atoms with E-state index in [-0.39, 0.29) is 0 Å². The lowest BCUT2D eigenvalue weighted by atomic mass is 9.98. The molecule has 0 aliphatic heterocycles. The minimum Gasteiger partial charge on any atom is -0.456 e. The van der Waals surface area contributed by atoms with E-state index in [0.717, 1.165) is 61.2 Å². The molecule has 0 unspecified atom stereocenters. The predicted molar refractivity (Wildman–Crippen MR) is 163 cm³/mol. The van der Waals surface area contributed by atoms with Crippen LogP contribution in [0.15, 0.2) is 144 Å². The Morgan fingerprint density at radius 3 is 1.87 bits per heavy atom. The first-order valence-electron chi connectivity index (χ1n) is 13.2. The summed E-state index contributed by atoms with van der Waals surface area (Å²) in [5, 5.41) is 4.67. The molecule has 6 aromatic carbocycles. The summed E-state index contributed by atoms with van der Waals surface area (Å²) in [6.07, 6.45) is 0. The van der Waals surface area contributed by atoms with Crippen LogP contribution in [0.1, 0.15) is 0 Å². The van der Waals surface area contributed by atoms with Gasteiger partial charge < -0.3 is 14.3 Å². The molecule has 8 rings (SSSR count). The second kappa shape index (κ2) is 8.64. The monoisotopic (exact) mass is 500 g/mol. The molecule has 184 valence electrons. The van der Waals surface area contributed by atoms with E-state index in [2.05, 4.69) is 137 Å². The molecule has 39 heavy (non-hydrogen) atoms. The Morgan fingerprint density at radius 2 is 1.10 bits per heavy atom. The molecular formula is C36H24N2O. The van der Waals surface area contributed by atoms with Gasteiger partial charge in [0.15, 0.2) is 0 Å². The fourth-order valence-corrected chi connectivity index (χ4v) is 5.79. The van der Waals surface area contributed by atoms with E-state index < -0.39 is 0 Å². The van der Waals surface area contributed by atoms with E-state index in [0.29, 0.717) is 0 Å². The lowest BCUT2D eigenvalue weighted by Crippen LogP contribution is -2.09. The number of aromatic amines is 1. The lowest BCUT2D eigenvalue weighted by molar-refractivity contribution is 0.669. The van der Waals surface area contributed by atoms with Crippen LogP contribution in [0.25, 0.3) is 54.9 Å². The Labute approximate surface area is 225 Å². The summed E-state index contributed by atoms with van der Waals surface area (Å²) < 4.78 is 6.14. The number of hydrogen-bond acceptors (Lipinski definition) is 2. The topological polar surface area (TPSA) is 32.2 Å². The Morgan fingerprint density at radius 1 is 0.462 bits per heavy atom. The van der Waals surface area contributed by atoms with Gasteiger partial charge in [0.1, 0.15) is 11.2 Å². The smallest absolute Gasteiger partial charge is 0.135 e. The first-order valence-corrected chi connectivity index (χ1v) is 13.2. The summed E-state index contributed by atoms with van der Waals surface area (Å²) in [5.74, 6) is 0. The normalized spacial score (nSPS) is 11.6. The zero-order valence-electron chi connectivity index (χ0n) is 21.1. The molecule has 0 spiro atoms. The first kappa shape index (κ1) is 21.8. The van der Waals surface area contributed by atoms with Crippen LogP contribution in [0.3, 0.4) is 0 Å². The Balaban J connectivity index is 1.44. The Hall–Kier alpha value is -5.28. The summed E-state index contributed by atoms with van der Waals surface area (Å²) in [6.45, 7) is 0. The fourth-order valence-electron chi connectivity index (χ4n) is 5.79. The van der Waals surface area contributed by atoms with E-state index in [1.54, 1.807) is 0 Å². The SMILES string of the molecule is c1ccc(N(c2ccccc2)c2cc(-c3ccc4oc5ccccc5c4c3)c3[nH]c4ccccc4c3c2)cc1. The minimum absolute atomic E-state index is 0.902. The standard InChI is InChI=1S/C36H24N2O/c1-3-11-25(12-4-1)38(26-13-5-2-6-14-26)27-22-30(36-32(23-27)28-15-7-9-17-33(28)37-36)24-19-20-35-31(21-24)29-16-8-10-18-34(29)39-35/h1-23,37H. The highest BCUT2D eigenvalue weighted by Gasteiger charge is 2.18. The van der Waals surface area contributed by atoms with Crippen LogP contribution in [0.4, 0.5) is 17.1 Å². The van der Waals surface area contributed by atoms with Crippen molar-refractivity contribution in [2.45, 2.75) is 0 Å². The molecule has 8 aromatic rings. The van der Waals surface area contributed by atoms with E-state index in [1.807, 2.05) is 12.1 Å². The van der Waals surface area contributed by atoms with Crippen LogP contribution < -0.4 is 4.90 Å². The van der Waals surface area contributed by atoms with Gasteiger partial charge in [0, 0.05) is 49.7 Å². The molecular weight excluding hydrogens is 476 g/mol. The number of benzene rings is 6. The largest absolute Gasteiger partial charge is 0.456 e. The number of para-hydroxylation sites is 4. The second-order valence-corrected chi connectivity index (χ2v) is 9.90. The number of aromatic nitrogens is 1. The highest BCUT2D eigenvalue weighted by Crippen LogP contribution is 2.43. The quantitative estimate of drug-likeness (QED) is 0.261. The van der Waals surface area contributed by atoms with Gasteiger partial charge in [-0.1, -0.05) is 78.9 Å². The van der Waals surface area contributed by atoms with Gasteiger partial charge in [-0.25, -0.2) is 0 Å². The molecule has 0 saturated carbocycles. The van der Waals surface area contributed by atoms with Crippen molar-refractivity contribution in [3.8, 4) is 11.1 Å².